The first-order chi connectivity index (χ1) is 12.2. The highest BCUT2D eigenvalue weighted by Crippen LogP contribution is 2.66. The number of carbonyl (C=O) groups excluding carboxylic acids is 2. The van der Waals surface area contributed by atoms with Crippen LogP contribution in [0, 0.1) is 16.7 Å². The van der Waals surface area contributed by atoms with Crippen LogP contribution in [-0.2, 0) is 22.1 Å². The average Bonchev–Trinajstić information content (AvgIpc) is 2.54. The van der Waals surface area contributed by atoms with E-state index in [2.05, 4.69) is 10.6 Å². The Morgan fingerprint density at radius 3 is 1.56 bits per heavy atom. The summed E-state index contributed by atoms with van der Waals surface area (Å²) in [6.07, 6.45) is 0. The van der Waals surface area contributed by atoms with Crippen molar-refractivity contribution >= 4 is 52.5 Å². The summed E-state index contributed by atoms with van der Waals surface area (Å²) in [6.45, 7) is 8.20. The van der Waals surface area contributed by atoms with Gasteiger partial charge in [0.1, 0.15) is 0 Å². The van der Waals surface area contributed by atoms with Gasteiger partial charge in [0.25, 0.3) is 0 Å². The third-order valence-electron chi connectivity index (χ3n) is 3.09. The number of hydrogen-bond acceptors (Lipinski definition) is 10. The molecule has 0 aromatic rings. The minimum Gasteiger partial charge on any atom is -0.319 e. The van der Waals surface area contributed by atoms with Crippen LogP contribution in [0.15, 0.2) is 0 Å². The number of hydrogen-bond donors (Lipinski definition) is 2. The number of rotatable bonds is 11. The maximum Gasteiger partial charge on any atom is 0.412 e. The smallest absolute Gasteiger partial charge is 0.319 e. The fourth-order valence-corrected chi connectivity index (χ4v) is 7.00. The third-order valence-corrected chi connectivity index (χ3v) is 10.1. The highest BCUT2D eigenvalue weighted by molar-refractivity contribution is 8.57. The second-order valence-electron chi connectivity index (χ2n) is 8.12. The van der Waals surface area contributed by atoms with Gasteiger partial charge in [-0.3, -0.25) is 9.59 Å². The van der Waals surface area contributed by atoms with E-state index in [-0.39, 0.29) is 16.1 Å². The van der Waals surface area contributed by atoms with Crippen molar-refractivity contribution in [3.63, 3.8) is 0 Å². The standard InChI is InChI=1S/C16H33N2O5PS3/c1-15(2,3)13(19)26-22-24(21,23-27-14(20)16(4,5)6)25-11-12(9-17-7)10-18-8/h12,17-18H,9-11H2,1-8H3. The molecule has 0 aliphatic carbocycles. The zero-order chi connectivity index (χ0) is 21.3. The van der Waals surface area contributed by atoms with Crippen molar-refractivity contribution in [2.75, 3.05) is 32.9 Å². The molecule has 160 valence electrons. The second kappa shape index (κ2) is 12.2. The Kier molecular flexibility index (Phi) is 12.4. The van der Waals surface area contributed by atoms with E-state index in [4.69, 9.17) is 7.94 Å². The van der Waals surface area contributed by atoms with Crippen molar-refractivity contribution in [3.8, 4) is 0 Å². The predicted octanol–water partition coefficient (Wildman–Crippen LogP) is 4.36. The predicted molar refractivity (Wildman–Crippen MR) is 118 cm³/mol. The Hall–Kier alpha value is 0.460. The molecule has 11 heteroatoms. The van der Waals surface area contributed by atoms with Crippen LogP contribution in [0.4, 0.5) is 0 Å². The maximum absolute atomic E-state index is 13.1. The van der Waals surface area contributed by atoms with E-state index < -0.39 is 17.6 Å². The summed E-state index contributed by atoms with van der Waals surface area (Å²) in [5.41, 5.74) is -1.29. The molecular weight excluding hydrogens is 427 g/mol. The van der Waals surface area contributed by atoms with Gasteiger partial charge in [-0.1, -0.05) is 41.5 Å². The molecule has 0 fully saturated rings. The fourth-order valence-electron chi connectivity index (χ4n) is 1.43. The van der Waals surface area contributed by atoms with E-state index in [9.17, 15) is 14.2 Å². The summed E-state index contributed by atoms with van der Waals surface area (Å²) in [5, 5.41) is 5.65. The van der Waals surface area contributed by atoms with Gasteiger partial charge in [0.15, 0.2) is 0 Å². The molecule has 27 heavy (non-hydrogen) atoms. The van der Waals surface area contributed by atoms with Crippen molar-refractivity contribution in [1.29, 1.82) is 0 Å². The molecule has 0 amide bonds. The van der Waals surface area contributed by atoms with Crippen molar-refractivity contribution < 1.29 is 22.1 Å². The van der Waals surface area contributed by atoms with Crippen LogP contribution in [0.1, 0.15) is 41.5 Å². The summed E-state index contributed by atoms with van der Waals surface area (Å²) in [6, 6.07) is 0. The lowest BCUT2D eigenvalue weighted by atomic mass is 10.00. The zero-order valence-electron chi connectivity index (χ0n) is 17.4. The Morgan fingerprint density at radius 1 is 0.889 bits per heavy atom. The molecule has 0 aliphatic heterocycles. The third kappa shape index (κ3) is 11.9. The summed E-state index contributed by atoms with van der Waals surface area (Å²) in [5.74, 6) is 0.658. The molecule has 7 nitrogen and oxygen atoms in total. The second-order valence-corrected chi connectivity index (χ2v) is 14.0. The van der Waals surface area contributed by atoms with E-state index >= 15 is 0 Å². The van der Waals surface area contributed by atoms with E-state index in [1.807, 2.05) is 14.1 Å². The molecule has 0 unspecified atom stereocenters. The van der Waals surface area contributed by atoms with Crippen LogP contribution in [-0.4, -0.2) is 43.2 Å². The van der Waals surface area contributed by atoms with Crippen LogP contribution in [0.5, 0.6) is 0 Å². The van der Waals surface area contributed by atoms with Crippen molar-refractivity contribution in [2.24, 2.45) is 16.7 Å². The zero-order valence-corrected chi connectivity index (χ0v) is 20.8. The molecule has 0 bridgehead atoms. The van der Waals surface area contributed by atoms with Crippen molar-refractivity contribution in [3.05, 3.63) is 0 Å². The Labute approximate surface area is 176 Å². The summed E-state index contributed by atoms with van der Waals surface area (Å²) < 4.78 is 23.8. The van der Waals surface area contributed by atoms with Gasteiger partial charge in [-0.25, -0.2) is 12.5 Å². The molecule has 2 N–H and O–H groups in total. The molecular formula is C16H33N2O5PS3. The molecule has 0 rings (SSSR count). The number of carbonyl (C=O) groups is 2. The SMILES string of the molecule is CNCC(CNC)CSP(=O)(OSC(=O)C(C)(C)C)OSC(=O)C(C)(C)C. The first-order valence-electron chi connectivity index (χ1n) is 8.60. The maximum atomic E-state index is 13.1. The van der Waals surface area contributed by atoms with Gasteiger partial charge < -0.3 is 10.6 Å². The summed E-state index contributed by atoms with van der Waals surface area (Å²) in [7, 11) is 3.69. The lowest BCUT2D eigenvalue weighted by Gasteiger charge is -2.22. The van der Waals surface area contributed by atoms with E-state index in [0.29, 0.717) is 29.8 Å². The van der Waals surface area contributed by atoms with Gasteiger partial charge in [0.05, 0.1) is 24.1 Å². The topological polar surface area (TPSA) is 93.7 Å². The van der Waals surface area contributed by atoms with E-state index in [1.165, 1.54) is 0 Å². The Bertz CT molecular complexity index is 495. The molecule has 0 saturated carbocycles. The van der Waals surface area contributed by atoms with Crippen LogP contribution < -0.4 is 10.6 Å². The largest absolute Gasteiger partial charge is 0.412 e. The normalized spacial score (nSPS) is 13.2. The monoisotopic (exact) mass is 460 g/mol. The lowest BCUT2D eigenvalue weighted by Crippen LogP contribution is -2.29. The highest BCUT2D eigenvalue weighted by Gasteiger charge is 2.35. The van der Waals surface area contributed by atoms with Gasteiger partial charge in [0, 0.05) is 16.6 Å². The molecule has 0 radical (unpaired) electrons. The molecule has 0 aromatic heterocycles. The van der Waals surface area contributed by atoms with Crippen molar-refractivity contribution in [2.45, 2.75) is 41.5 Å². The van der Waals surface area contributed by atoms with Crippen LogP contribution >= 0.6 is 42.3 Å². The van der Waals surface area contributed by atoms with Crippen LogP contribution in [0.3, 0.4) is 0 Å². The minimum absolute atomic E-state index is 0.178. The van der Waals surface area contributed by atoms with Crippen LogP contribution in [0.2, 0.25) is 0 Å². The van der Waals surface area contributed by atoms with Crippen LogP contribution in [0.25, 0.3) is 0 Å². The van der Waals surface area contributed by atoms with Gasteiger partial charge in [-0.2, -0.15) is 0 Å². The molecule has 0 spiro atoms. The van der Waals surface area contributed by atoms with Crippen molar-refractivity contribution in [1.82, 2.24) is 10.6 Å². The summed E-state index contributed by atoms with van der Waals surface area (Å²) >= 11 is 2.05. The lowest BCUT2D eigenvalue weighted by molar-refractivity contribution is -0.118. The molecule has 0 atom stereocenters. The molecule has 0 heterocycles. The fraction of sp³-hybridized carbons (Fsp3) is 0.875. The molecule has 0 saturated heterocycles. The minimum atomic E-state index is -3.72. The quantitative estimate of drug-likeness (QED) is 0.342. The summed E-state index contributed by atoms with van der Waals surface area (Å²) in [4.78, 5) is 24.2. The average molecular weight is 461 g/mol. The van der Waals surface area contributed by atoms with E-state index in [0.717, 1.165) is 24.5 Å². The molecule has 0 aliphatic rings. The Morgan fingerprint density at radius 2 is 1.26 bits per heavy atom. The highest BCUT2D eigenvalue weighted by atomic mass is 32.7. The molecule has 0 aromatic carbocycles. The first kappa shape index (κ1) is 27.5. The van der Waals surface area contributed by atoms with E-state index in [1.54, 1.807) is 41.5 Å². The first-order valence-corrected chi connectivity index (χ1v) is 13.2. The van der Waals surface area contributed by atoms with Gasteiger partial charge in [-0.15, -0.1) is 0 Å². The van der Waals surface area contributed by atoms with Gasteiger partial charge >= 0.3 is 6.80 Å². The Balaban J connectivity index is 5.09. The number of nitrogens with one attached hydrogen (secondary N) is 2. The van der Waals surface area contributed by atoms with Gasteiger partial charge in [0.2, 0.25) is 10.2 Å². The van der Waals surface area contributed by atoms with Gasteiger partial charge in [-0.05, 0) is 44.5 Å².